The molecule has 2 aliphatic rings. The minimum Gasteiger partial charge on any atom is -0.343 e. The number of nitrogens with one attached hydrogen (secondary N) is 2. The van der Waals surface area contributed by atoms with Crippen LogP contribution >= 0.6 is 12.4 Å². The predicted molar refractivity (Wildman–Crippen MR) is 107 cm³/mol. The minimum atomic E-state index is 0. The molecule has 6 heteroatoms. The molecule has 1 unspecified atom stereocenters. The van der Waals surface area contributed by atoms with Crippen molar-refractivity contribution in [3.63, 3.8) is 0 Å². The van der Waals surface area contributed by atoms with Crippen molar-refractivity contribution in [3.8, 4) is 0 Å². The van der Waals surface area contributed by atoms with Gasteiger partial charge in [-0.2, -0.15) is 0 Å². The highest BCUT2D eigenvalue weighted by molar-refractivity contribution is 5.95. The lowest BCUT2D eigenvalue weighted by Crippen LogP contribution is -2.32. The van der Waals surface area contributed by atoms with Crippen LogP contribution in [0.25, 0.3) is 0 Å². The van der Waals surface area contributed by atoms with Crippen LogP contribution in [0.5, 0.6) is 0 Å². The molecule has 1 spiro atoms. The van der Waals surface area contributed by atoms with E-state index < -0.39 is 0 Å². The Hall–Kier alpha value is -1.59. The molecule has 5 nitrogen and oxygen atoms in total. The summed E-state index contributed by atoms with van der Waals surface area (Å²) in [6.07, 6.45) is 3.65. The Morgan fingerprint density at radius 3 is 2.35 bits per heavy atom. The van der Waals surface area contributed by atoms with E-state index in [1.807, 2.05) is 43.0 Å². The Bertz CT molecular complexity index is 622. The van der Waals surface area contributed by atoms with E-state index in [0.717, 1.165) is 56.7 Å². The molecule has 0 radical (unpaired) electrons. The van der Waals surface area contributed by atoms with Gasteiger partial charge in [0.15, 0.2) is 0 Å². The summed E-state index contributed by atoms with van der Waals surface area (Å²) in [5.74, 6) is 0.458. The molecule has 3 rings (SSSR count). The average molecular weight is 380 g/mol. The highest BCUT2D eigenvalue weighted by Gasteiger charge is 2.57. The third-order valence-corrected chi connectivity index (χ3v) is 5.80. The first kappa shape index (κ1) is 20.7. The molecule has 1 saturated carbocycles. The van der Waals surface area contributed by atoms with E-state index in [0.29, 0.717) is 6.42 Å². The molecule has 0 aromatic heterocycles. The highest BCUT2D eigenvalue weighted by atomic mass is 35.5. The number of benzene rings is 1. The van der Waals surface area contributed by atoms with Crippen LogP contribution in [0.15, 0.2) is 24.3 Å². The zero-order valence-corrected chi connectivity index (χ0v) is 16.5. The lowest BCUT2D eigenvalue weighted by atomic mass is 9.92. The molecule has 2 amide bonds. The number of piperidine rings is 1. The van der Waals surface area contributed by atoms with Crippen LogP contribution in [-0.4, -0.2) is 42.9 Å². The maximum Gasteiger partial charge on any atom is 0.228 e. The number of likely N-dealkylation sites (N-methyl/N-ethyl adjacent to an activating group) is 1. The van der Waals surface area contributed by atoms with Gasteiger partial charge in [-0.3, -0.25) is 9.59 Å². The lowest BCUT2D eigenvalue weighted by Gasteiger charge is -2.23. The number of amides is 2. The van der Waals surface area contributed by atoms with E-state index in [1.165, 1.54) is 0 Å². The van der Waals surface area contributed by atoms with Crippen molar-refractivity contribution in [1.82, 2.24) is 10.2 Å². The summed E-state index contributed by atoms with van der Waals surface area (Å²) in [5.41, 5.74) is 2.06. The van der Waals surface area contributed by atoms with Crippen LogP contribution in [0.4, 0.5) is 5.69 Å². The van der Waals surface area contributed by atoms with E-state index in [2.05, 4.69) is 10.6 Å². The van der Waals surface area contributed by atoms with Gasteiger partial charge in [0.05, 0.1) is 6.42 Å². The summed E-state index contributed by atoms with van der Waals surface area (Å²) in [6, 6.07) is 7.68. The van der Waals surface area contributed by atoms with Gasteiger partial charge < -0.3 is 15.5 Å². The van der Waals surface area contributed by atoms with Gasteiger partial charge in [0.2, 0.25) is 11.8 Å². The predicted octanol–water partition coefficient (Wildman–Crippen LogP) is 2.85. The van der Waals surface area contributed by atoms with E-state index in [-0.39, 0.29) is 35.6 Å². The number of anilines is 1. The second kappa shape index (κ2) is 8.87. The third kappa shape index (κ3) is 4.57. The smallest absolute Gasteiger partial charge is 0.228 e. The van der Waals surface area contributed by atoms with Crippen molar-refractivity contribution < 1.29 is 9.59 Å². The fraction of sp³-hybridized carbons (Fsp3) is 0.600. The van der Waals surface area contributed by atoms with Gasteiger partial charge in [-0.25, -0.2) is 0 Å². The zero-order valence-electron chi connectivity index (χ0n) is 15.7. The molecule has 2 N–H and O–H groups in total. The maximum absolute atomic E-state index is 12.5. The zero-order chi connectivity index (χ0) is 17.9. The monoisotopic (exact) mass is 379 g/mol. The fourth-order valence-corrected chi connectivity index (χ4v) is 3.99. The first-order valence-corrected chi connectivity index (χ1v) is 9.46. The van der Waals surface area contributed by atoms with Gasteiger partial charge in [0, 0.05) is 24.7 Å². The van der Waals surface area contributed by atoms with Gasteiger partial charge in [0.1, 0.15) is 0 Å². The van der Waals surface area contributed by atoms with E-state index in [4.69, 9.17) is 0 Å². The molecule has 144 valence electrons. The van der Waals surface area contributed by atoms with Crippen molar-refractivity contribution in [1.29, 1.82) is 0 Å². The molecule has 1 atom stereocenters. The standard InChI is InChI=1S/C20H29N3O2.ClH/c1-3-23(4-2)18(24)13-15-5-7-16(8-6-15)22-19(25)17-14-20(17)9-11-21-12-10-20;/h5-8,17,21H,3-4,9-14H2,1-2H3,(H,22,25);1H. The summed E-state index contributed by atoms with van der Waals surface area (Å²) in [5, 5.41) is 6.41. The van der Waals surface area contributed by atoms with Crippen LogP contribution in [0, 0.1) is 11.3 Å². The first-order chi connectivity index (χ1) is 12.1. The quantitative estimate of drug-likeness (QED) is 0.798. The SMILES string of the molecule is CCN(CC)C(=O)Cc1ccc(NC(=O)C2CC23CCNCC3)cc1.Cl. The van der Waals surface area contributed by atoms with E-state index in [1.54, 1.807) is 0 Å². The molecule has 1 aliphatic carbocycles. The Morgan fingerprint density at radius 1 is 1.15 bits per heavy atom. The topological polar surface area (TPSA) is 61.4 Å². The van der Waals surface area contributed by atoms with Crippen LogP contribution < -0.4 is 10.6 Å². The molecule has 26 heavy (non-hydrogen) atoms. The maximum atomic E-state index is 12.5. The molecule has 1 aliphatic heterocycles. The molecule has 1 heterocycles. The molecule has 1 saturated heterocycles. The third-order valence-electron chi connectivity index (χ3n) is 5.80. The first-order valence-electron chi connectivity index (χ1n) is 9.46. The number of nitrogens with zero attached hydrogens (tertiary/aromatic N) is 1. The van der Waals surface area contributed by atoms with Crippen molar-refractivity contribution in [2.75, 3.05) is 31.5 Å². The largest absolute Gasteiger partial charge is 0.343 e. The lowest BCUT2D eigenvalue weighted by molar-refractivity contribution is -0.130. The molecular formula is C20H30ClN3O2. The fourth-order valence-electron chi connectivity index (χ4n) is 3.99. The Balaban J connectivity index is 0.00000243. The Labute approximate surface area is 162 Å². The Morgan fingerprint density at radius 2 is 1.77 bits per heavy atom. The second-order valence-electron chi connectivity index (χ2n) is 7.30. The van der Waals surface area contributed by atoms with Crippen molar-refractivity contribution in [2.24, 2.45) is 11.3 Å². The second-order valence-corrected chi connectivity index (χ2v) is 7.30. The summed E-state index contributed by atoms with van der Waals surface area (Å²) in [4.78, 5) is 26.5. The van der Waals surface area contributed by atoms with Crippen LogP contribution in [-0.2, 0) is 16.0 Å². The number of rotatable bonds is 6. The van der Waals surface area contributed by atoms with Gasteiger partial charge in [-0.1, -0.05) is 12.1 Å². The summed E-state index contributed by atoms with van der Waals surface area (Å²) >= 11 is 0. The van der Waals surface area contributed by atoms with Crippen molar-refractivity contribution in [2.45, 2.75) is 39.5 Å². The molecule has 0 bridgehead atoms. The number of carbonyl (C=O) groups is 2. The Kier molecular flexibility index (Phi) is 7.07. The molecular weight excluding hydrogens is 350 g/mol. The number of hydrogen-bond donors (Lipinski definition) is 2. The van der Waals surface area contributed by atoms with Gasteiger partial charge >= 0.3 is 0 Å². The van der Waals surface area contributed by atoms with Crippen LogP contribution in [0.3, 0.4) is 0 Å². The molecule has 1 aromatic rings. The summed E-state index contributed by atoms with van der Waals surface area (Å²) in [6.45, 7) is 7.52. The average Bonchev–Trinajstić information content (AvgIpc) is 3.31. The van der Waals surface area contributed by atoms with Crippen molar-refractivity contribution in [3.05, 3.63) is 29.8 Å². The van der Waals surface area contributed by atoms with E-state index >= 15 is 0 Å². The molecule has 1 aromatic carbocycles. The highest BCUT2D eigenvalue weighted by Crippen LogP contribution is 2.58. The number of carbonyl (C=O) groups excluding carboxylic acids is 2. The number of halogens is 1. The minimum absolute atomic E-state index is 0. The van der Waals surface area contributed by atoms with Crippen LogP contribution in [0.1, 0.15) is 38.7 Å². The summed E-state index contributed by atoms with van der Waals surface area (Å²) < 4.78 is 0. The van der Waals surface area contributed by atoms with E-state index in [9.17, 15) is 9.59 Å². The molecule has 2 fully saturated rings. The normalized spacial score (nSPS) is 20.2. The van der Waals surface area contributed by atoms with Crippen LogP contribution in [0.2, 0.25) is 0 Å². The summed E-state index contributed by atoms with van der Waals surface area (Å²) in [7, 11) is 0. The number of hydrogen-bond acceptors (Lipinski definition) is 3. The van der Waals surface area contributed by atoms with Gasteiger partial charge in [-0.05, 0) is 69.3 Å². The van der Waals surface area contributed by atoms with Crippen molar-refractivity contribution >= 4 is 29.9 Å². The van der Waals surface area contributed by atoms with Gasteiger partial charge in [0.25, 0.3) is 0 Å². The van der Waals surface area contributed by atoms with Gasteiger partial charge in [-0.15, -0.1) is 12.4 Å².